The fraction of sp³-hybridized carbons (Fsp3) is 0.400. The molecule has 0 N–H and O–H groups in total. The molecule has 1 amide bonds. The van der Waals surface area contributed by atoms with E-state index in [1.807, 2.05) is 0 Å². The maximum absolute atomic E-state index is 12.3. The molecule has 0 spiro atoms. The molecule has 98 valence electrons. The van der Waals surface area contributed by atoms with Crippen LogP contribution in [-0.2, 0) is 10.9 Å². The van der Waals surface area contributed by atoms with Crippen LogP contribution < -0.4 is 4.90 Å². The summed E-state index contributed by atoms with van der Waals surface area (Å²) in [6.07, 6.45) is -4.90. The Morgan fingerprint density at radius 2 is 2.22 bits per heavy atom. The normalized spacial score (nSPS) is 20.1. The van der Waals surface area contributed by atoms with Gasteiger partial charge in [0.2, 0.25) is 0 Å². The standard InChI is InChI=1S/C10H8ClF3N2O2/c11-3-7-5-16(9(17)18-7)8-2-1-6(4-15-8)10(12,13)14/h1-2,4,7H,3,5H2. The van der Waals surface area contributed by atoms with Gasteiger partial charge >= 0.3 is 12.3 Å². The zero-order valence-corrected chi connectivity index (χ0v) is 9.70. The summed E-state index contributed by atoms with van der Waals surface area (Å²) in [4.78, 5) is 16.2. The predicted molar refractivity (Wildman–Crippen MR) is 57.6 cm³/mol. The summed E-state index contributed by atoms with van der Waals surface area (Å²) in [5, 5.41) is 0. The van der Waals surface area contributed by atoms with Crippen molar-refractivity contribution in [3.63, 3.8) is 0 Å². The number of ether oxygens (including phenoxy) is 1. The van der Waals surface area contributed by atoms with E-state index >= 15 is 0 Å². The van der Waals surface area contributed by atoms with Gasteiger partial charge in [-0.1, -0.05) is 0 Å². The summed E-state index contributed by atoms with van der Waals surface area (Å²) in [6.45, 7) is 0.181. The number of pyridine rings is 1. The van der Waals surface area contributed by atoms with Crippen molar-refractivity contribution in [3.05, 3.63) is 23.9 Å². The van der Waals surface area contributed by atoms with Crippen LogP contribution in [0.4, 0.5) is 23.8 Å². The van der Waals surface area contributed by atoms with Gasteiger partial charge in [-0.2, -0.15) is 13.2 Å². The monoisotopic (exact) mass is 280 g/mol. The lowest BCUT2D eigenvalue weighted by Gasteiger charge is -2.12. The number of rotatable bonds is 2. The molecule has 1 aliphatic heterocycles. The lowest BCUT2D eigenvalue weighted by Crippen LogP contribution is -2.25. The van der Waals surface area contributed by atoms with Crippen LogP contribution in [0.1, 0.15) is 5.56 Å². The maximum atomic E-state index is 12.3. The fourth-order valence-electron chi connectivity index (χ4n) is 1.50. The third-order valence-electron chi connectivity index (χ3n) is 2.40. The van der Waals surface area contributed by atoms with Gasteiger partial charge in [-0.15, -0.1) is 11.6 Å². The number of nitrogens with zero attached hydrogens (tertiary/aromatic N) is 2. The van der Waals surface area contributed by atoms with Crippen molar-refractivity contribution < 1.29 is 22.7 Å². The van der Waals surface area contributed by atoms with Crippen molar-refractivity contribution in [2.75, 3.05) is 17.3 Å². The second-order valence-electron chi connectivity index (χ2n) is 3.67. The highest BCUT2D eigenvalue weighted by molar-refractivity contribution is 6.18. The number of cyclic esters (lactones) is 1. The van der Waals surface area contributed by atoms with Crippen molar-refractivity contribution in [1.29, 1.82) is 0 Å². The third kappa shape index (κ3) is 2.50. The number of alkyl halides is 4. The Bertz CT molecular complexity index is 449. The molecule has 1 aliphatic rings. The highest BCUT2D eigenvalue weighted by atomic mass is 35.5. The van der Waals surface area contributed by atoms with E-state index in [0.29, 0.717) is 6.20 Å². The molecule has 1 fully saturated rings. The van der Waals surface area contributed by atoms with Crippen molar-refractivity contribution >= 4 is 23.5 Å². The van der Waals surface area contributed by atoms with Crippen LogP contribution in [0.3, 0.4) is 0 Å². The van der Waals surface area contributed by atoms with Crippen molar-refractivity contribution in [3.8, 4) is 0 Å². The van der Waals surface area contributed by atoms with Crippen LogP contribution in [-0.4, -0.2) is 29.6 Å². The van der Waals surface area contributed by atoms with Gasteiger partial charge in [0.05, 0.1) is 18.0 Å². The average molecular weight is 281 g/mol. The number of aromatic nitrogens is 1. The van der Waals surface area contributed by atoms with Gasteiger partial charge in [0.1, 0.15) is 11.9 Å². The van der Waals surface area contributed by atoms with E-state index in [4.69, 9.17) is 16.3 Å². The summed E-state index contributed by atoms with van der Waals surface area (Å²) >= 11 is 5.54. The molecular formula is C10H8ClF3N2O2. The van der Waals surface area contributed by atoms with Crippen molar-refractivity contribution in [1.82, 2.24) is 4.98 Å². The summed E-state index contributed by atoms with van der Waals surface area (Å²) in [6, 6.07) is 1.99. The first-order valence-electron chi connectivity index (χ1n) is 4.99. The number of carbonyl (C=O) groups excluding carboxylic acids is 1. The molecule has 2 rings (SSSR count). The zero-order chi connectivity index (χ0) is 13.3. The first-order valence-corrected chi connectivity index (χ1v) is 5.52. The van der Waals surface area contributed by atoms with Crippen LogP contribution >= 0.6 is 11.6 Å². The molecular weight excluding hydrogens is 273 g/mol. The van der Waals surface area contributed by atoms with Crippen LogP contribution in [0.2, 0.25) is 0 Å². The van der Waals surface area contributed by atoms with Gasteiger partial charge in [0.25, 0.3) is 0 Å². The Morgan fingerprint density at radius 3 is 2.67 bits per heavy atom. The molecule has 1 atom stereocenters. The maximum Gasteiger partial charge on any atom is 0.417 e. The minimum Gasteiger partial charge on any atom is -0.443 e. The minimum absolute atomic E-state index is 0.112. The van der Waals surface area contributed by atoms with Crippen LogP contribution in [0, 0.1) is 0 Å². The van der Waals surface area contributed by atoms with E-state index in [9.17, 15) is 18.0 Å². The van der Waals surface area contributed by atoms with E-state index in [2.05, 4.69) is 4.98 Å². The second kappa shape index (κ2) is 4.64. The molecule has 18 heavy (non-hydrogen) atoms. The molecule has 0 radical (unpaired) electrons. The molecule has 0 aromatic carbocycles. The van der Waals surface area contributed by atoms with Crippen LogP contribution in [0.15, 0.2) is 18.3 Å². The molecule has 0 bridgehead atoms. The number of halogens is 4. The molecule has 1 saturated heterocycles. The summed E-state index contributed by atoms with van der Waals surface area (Å²) in [5.41, 5.74) is -0.868. The Balaban J connectivity index is 2.18. The van der Waals surface area contributed by atoms with Gasteiger partial charge < -0.3 is 4.74 Å². The quantitative estimate of drug-likeness (QED) is 0.782. The number of carbonyl (C=O) groups is 1. The van der Waals surface area contributed by atoms with E-state index in [-0.39, 0.29) is 18.2 Å². The average Bonchev–Trinajstić information content (AvgIpc) is 2.70. The molecule has 0 aliphatic carbocycles. The molecule has 1 aromatic rings. The van der Waals surface area contributed by atoms with E-state index in [1.165, 1.54) is 0 Å². The lowest BCUT2D eigenvalue weighted by atomic mass is 10.2. The zero-order valence-electron chi connectivity index (χ0n) is 8.95. The smallest absolute Gasteiger partial charge is 0.417 e. The molecule has 8 heteroatoms. The van der Waals surface area contributed by atoms with Gasteiger partial charge in [0.15, 0.2) is 0 Å². The van der Waals surface area contributed by atoms with Crippen LogP contribution in [0.5, 0.6) is 0 Å². The topological polar surface area (TPSA) is 42.4 Å². The predicted octanol–water partition coefficient (Wildman–Crippen LogP) is 2.66. The summed E-state index contributed by atoms with van der Waals surface area (Å²) in [5.74, 6) is 0.240. The highest BCUT2D eigenvalue weighted by Crippen LogP contribution is 2.30. The van der Waals surface area contributed by atoms with E-state index in [0.717, 1.165) is 17.0 Å². The first-order chi connectivity index (χ1) is 8.41. The number of hydrogen-bond donors (Lipinski definition) is 0. The van der Waals surface area contributed by atoms with E-state index < -0.39 is 23.9 Å². The van der Waals surface area contributed by atoms with Crippen molar-refractivity contribution in [2.45, 2.75) is 12.3 Å². The molecule has 0 saturated carbocycles. The number of amides is 1. The number of hydrogen-bond acceptors (Lipinski definition) is 3. The Hall–Kier alpha value is -1.50. The largest absolute Gasteiger partial charge is 0.443 e. The molecule has 1 unspecified atom stereocenters. The van der Waals surface area contributed by atoms with Gasteiger partial charge in [-0.25, -0.2) is 9.78 Å². The minimum atomic E-state index is -4.45. The second-order valence-corrected chi connectivity index (χ2v) is 3.98. The molecule has 2 heterocycles. The molecule has 1 aromatic heterocycles. The Kier molecular flexibility index (Phi) is 3.34. The molecule has 4 nitrogen and oxygen atoms in total. The van der Waals surface area contributed by atoms with Gasteiger partial charge in [-0.05, 0) is 12.1 Å². The lowest BCUT2D eigenvalue weighted by molar-refractivity contribution is -0.137. The number of anilines is 1. The Morgan fingerprint density at radius 1 is 1.50 bits per heavy atom. The summed E-state index contributed by atoms with van der Waals surface area (Å²) in [7, 11) is 0. The highest BCUT2D eigenvalue weighted by Gasteiger charge is 2.34. The van der Waals surface area contributed by atoms with Gasteiger partial charge in [0, 0.05) is 6.20 Å². The summed E-state index contributed by atoms with van der Waals surface area (Å²) < 4.78 is 41.9. The van der Waals surface area contributed by atoms with Gasteiger partial charge in [-0.3, -0.25) is 4.90 Å². The third-order valence-corrected chi connectivity index (χ3v) is 2.74. The fourth-order valence-corrected chi connectivity index (χ4v) is 1.66. The Labute approximate surface area is 105 Å². The van der Waals surface area contributed by atoms with E-state index in [1.54, 1.807) is 0 Å². The first kappa shape index (κ1) is 12.9. The van der Waals surface area contributed by atoms with Crippen LogP contribution in [0.25, 0.3) is 0 Å². The van der Waals surface area contributed by atoms with Crippen molar-refractivity contribution in [2.24, 2.45) is 0 Å². The SMILES string of the molecule is O=C1OC(CCl)CN1c1ccc(C(F)(F)F)cn1.